The summed E-state index contributed by atoms with van der Waals surface area (Å²) in [6.07, 6.45) is 0.229. The number of methoxy groups -OCH3 is 1. The highest BCUT2D eigenvalue weighted by atomic mass is 16.5. The van der Waals surface area contributed by atoms with Gasteiger partial charge in [0.05, 0.1) is 6.42 Å². The van der Waals surface area contributed by atoms with E-state index in [1.165, 1.54) is 7.11 Å². The van der Waals surface area contributed by atoms with Crippen LogP contribution in [0, 0.1) is 0 Å². The lowest BCUT2D eigenvalue weighted by Gasteiger charge is -2.12. The smallest absolute Gasteiger partial charge is 0.326 e. The number of carbonyl (C=O) groups excluding carboxylic acids is 2. The third-order valence-electron chi connectivity index (χ3n) is 1.79. The second-order valence-electron chi connectivity index (χ2n) is 3.23. The highest BCUT2D eigenvalue weighted by Gasteiger charge is 2.21. The van der Waals surface area contributed by atoms with Crippen molar-refractivity contribution in [1.29, 1.82) is 0 Å². The van der Waals surface area contributed by atoms with Crippen LogP contribution in [0.1, 0.15) is 19.3 Å². The van der Waals surface area contributed by atoms with Crippen molar-refractivity contribution in [2.75, 3.05) is 13.7 Å². The van der Waals surface area contributed by atoms with Crippen molar-refractivity contribution in [2.45, 2.75) is 25.3 Å². The molecule has 92 valence electrons. The van der Waals surface area contributed by atoms with E-state index in [-0.39, 0.29) is 6.42 Å². The summed E-state index contributed by atoms with van der Waals surface area (Å²) >= 11 is 0. The molecule has 0 radical (unpaired) electrons. The van der Waals surface area contributed by atoms with Crippen LogP contribution in [0.5, 0.6) is 0 Å². The van der Waals surface area contributed by atoms with Crippen molar-refractivity contribution in [3.05, 3.63) is 0 Å². The van der Waals surface area contributed by atoms with E-state index in [0.717, 1.165) is 0 Å². The molecule has 0 aromatic rings. The van der Waals surface area contributed by atoms with Gasteiger partial charge in [-0.05, 0) is 6.42 Å². The van der Waals surface area contributed by atoms with Gasteiger partial charge in [-0.1, -0.05) is 0 Å². The number of aliphatic carboxylic acids is 1. The van der Waals surface area contributed by atoms with Gasteiger partial charge in [0, 0.05) is 20.1 Å². The molecule has 0 unspecified atom stereocenters. The van der Waals surface area contributed by atoms with Gasteiger partial charge < -0.3 is 20.9 Å². The molecule has 0 spiro atoms. The van der Waals surface area contributed by atoms with Gasteiger partial charge >= 0.3 is 5.97 Å². The molecule has 0 aromatic carbocycles. The highest BCUT2D eigenvalue weighted by molar-refractivity contribution is 5.88. The van der Waals surface area contributed by atoms with E-state index in [9.17, 15) is 14.4 Å². The summed E-state index contributed by atoms with van der Waals surface area (Å²) in [6.45, 7) is 0.418. The number of amides is 2. The standard InChI is InChI=1S/C9H16N2O5/c1-16-4-2-3-8(13)11-6(9(14)15)5-7(10)12/h6H,2-5H2,1H3,(H2,10,12)(H,11,13)(H,14,15)/t6-/m0/s1. The molecule has 0 aliphatic heterocycles. The second kappa shape index (κ2) is 7.63. The zero-order valence-corrected chi connectivity index (χ0v) is 9.06. The number of carboxylic acid groups (broad SMARTS) is 1. The van der Waals surface area contributed by atoms with Gasteiger partial charge in [-0.2, -0.15) is 0 Å². The van der Waals surface area contributed by atoms with Gasteiger partial charge in [-0.25, -0.2) is 4.79 Å². The van der Waals surface area contributed by atoms with Gasteiger partial charge in [-0.3, -0.25) is 9.59 Å². The first kappa shape index (κ1) is 14.4. The maximum Gasteiger partial charge on any atom is 0.326 e. The summed E-state index contributed by atoms with van der Waals surface area (Å²) in [5.74, 6) is -2.49. The number of rotatable bonds is 8. The molecule has 0 saturated heterocycles. The minimum absolute atomic E-state index is 0.149. The van der Waals surface area contributed by atoms with Crippen LogP contribution in [-0.4, -0.2) is 42.6 Å². The summed E-state index contributed by atoms with van der Waals surface area (Å²) in [5, 5.41) is 10.9. The molecule has 1 atom stereocenters. The molecule has 0 aliphatic rings. The summed E-state index contributed by atoms with van der Waals surface area (Å²) in [6, 6.07) is -1.26. The van der Waals surface area contributed by atoms with Crippen LogP contribution in [0.3, 0.4) is 0 Å². The SMILES string of the molecule is COCCCC(=O)N[C@@H](CC(N)=O)C(=O)O. The molecule has 0 aromatic heterocycles. The second-order valence-corrected chi connectivity index (χ2v) is 3.23. The molecule has 0 rings (SSSR count). The number of nitrogens with one attached hydrogen (secondary N) is 1. The van der Waals surface area contributed by atoms with Crippen LogP contribution in [0.4, 0.5) is 0 Å². The Balaban J connectivity index is 4.03. The average Bonchev–Trinajstić information content (AvgIpc) is 2.16. The number of hydrogen-bond acceptors (Lipinski definition) is 4. The number of nitrogens with two attached hydrogens (primary N) is 1. The van der Waals surface area contributed by atoms with Gasteiger partial charge in [-0.15, -0.1) is 0 Å². The maximum absolute atomic E-state index is 11.2. The van der Waals surface area contributed by atoms with Crippen LogP contribution in [0.25, 0.3) is 0 Å². The fourth-order valence-corrected chi connectivity index (χ4v) is 1.04. The third kappa shape index (κ3) is 6.77. The third-order valence-corrected chi connectivity index (χ3v) is 1.79. The molecule has 0 fully saturated rings. The summed E-state index contributed by atoms with van der Waals surface area (Å²) < 4.78 is 4.74. The Morgan fingerprint density at radius 2 is 2.06 bits per heavy atom. The molecular formula is C9H16N2O5. The molecular weight excluding hydrogens is 216 g/mol. The Bertz CT molecular complexity index is 267. The van der Waals surface area contributed by atoms with Gasteiger partial charge in [0.2, 0.25) is 11.8 Å². The van der Waals surface area contributed by atoms with E-state index in [1.54, 1.807) is 0 Å². The Hall–Kier alpha value is -1.63. The van der Waals surface area contributed by atoms with Crippen molar-refractivity contribution < 1.29 is 24.2 Å². The topological polar surface area (TPSA) is 119 Å². The summed E-state index contributed by atoms with van der Waals surface area (Å²) in [7, 11) is 1.51. The maximum atomic E-state index is 11.2. The van der Waals surface area contributed by atoms with Crippen LogP contribution < -0.4 is 11.1 Å². The predicted octanol–water partition coefficient (Wildman–Crippen LogP) is -1.14. The molecule has 2 amide bonds. The molecule has 0 aliphatic carbocycles. The van der Waals surface area contributed by atoms with Crippen LogP contribution in [0.15, 0.2) is 0 Å². The zero-order chi connectivity index (χ0) is 12.6. The van der Waals surface area contributed by atoms with Crippen LogP contribution in [-0.2, 0) is 19.1 Å². The van der Waals surface area contributed by atoms with Crippen molar-refractivity contribution in [2.24, 2.45) is 5.73 Å². The number of carboxylic acids is 1. The normalized spacial score (nSPS) is 11.8. The van der Waals surface area contributed by atoms with Gasteiger partial charge in [0.15, 0.2) is 0 Å². The largest absolute Gasteiger partial charge is 0.480 e. The molecule has 7 nitrogen and oxygen atoms in total. The van der Waals surface area contributed by atoms with E-state index in [0.29, 0.717) is 13.0 Å². The molecule has 4 N–H and O–H groups in total. The molecule has 0 heterocycles. The van der Waals surface area contributed by atoms with Crippen LogP contribution in [0.2, 0.25) is 0 Å². The Morgan fingerprint density at radius 3 is 2.50 bits per heavy atom. The zero-order valence-electron chi connectivity index (χ0n) is 9.06. The first-order valence-corrected chi connectivity index (χ1v) is 4.76. The minimum Gasteiger partial charge on any atom is -0.480 e. The first-order chi connectivity index (χ1) is 7.47. The number of carbonyl (C=O) groups is 3. The molecule has 0 bridgehead atoms. The Morgan fingerprint density at radius 1 is 1.44 bits per heavy atom. The summed E-state index contributed by atoms with van der Waals surface area (Å²) in [4.78, 5) is 32.4. The van der Waals surface area contributed by atoms with Gasteiger partial charge in [0.25, 0.3) is 0 Å². The fourth-order valence-electron chi connectivity index (χ4n) is 1.04. The summed E-state index contributed by atoms with van der Waals surface area (Å²) in [5.41, 5.74) is 4.85. The molecule has 16 heavy (non-hydrogen) atoms. The number of hydrogen-bond donors (Lipinski definition) is 3. The monoisotopic (exact) mass is 232 g/mol. The van der Waals surface area contributed by atoms with Gasteiger partial charge in [0.1, 0.15) is 6.04 Å². The lowest BCUT2D eigenvalue weighted by molar-refractivity contribution is -0.143. The predicted molar refractivity (Wildman–Crippen MR) is 54.5 cm³/mol. The minimum atomic E-state index is -1.28. The van der Waals surface area contributed by atoms with Crippen molar-refractivity contribution in [3.63, 3.8) is 0 Å². The quantitative estimate of drug-likeness (QED) is 0.457. The van der Waals surface area contributed by atoms with E-state index in [1.807, 2.05) is 0 Å². The van der Waals surface area contributed by atoms with E-state index < -0.39 is 30.2 Å². The van der Waals surface area contributed by atoms with E-state index >= 15 is 0 Å². The van der Waals surface area contributed by atoms with E-state index in [4.69, 9.17) is 15.6 Å². The number of ether oxygens (including phenoxy) is 1. The Labute approximate surface area is 92.9 Å². The van der Waals surface area contributed by atoms with Crippen LogP contribution >= 0.6 is 0 Å². The van der Waals surface area contributed by atoms with Crippen molar-refractivity contribution in [3.8, 4) is 0 Å². The lowest BCUT2D eigenvalue weighted by atomic mass is 10.2. The lowest BCUT2D eigenvalue weighted by Crippen LogP contribution is -2.43. The highest BCUT2D eigenvalue weighted by Crippen LogP contribution is 1.95. The number of primary amides is 1. The molecule has 0 saturated carbocycles. The van der Waals surface area contributed by atoms with Crippen molar-refractivity contribution in [1.82, 2.24) is 5.32 Å². The fraction of sp³-hybridized carbons (Fsp3) is 0.667. The average molecular weight is 232 g/mol. The van der Waals surface area contributed by atoms with E-state index in [2.05, 4.69) is 5.32 Å². The first-order valence-electron chi connectivity index (χ1n) is 4.76. The van der Waals surface area contributed by atoms with Crippen molar-refractivity contribution >= 4 is 17.8 Å². The Kier molecular flexibility index (Phi) is 6.86. The molecule has 7 heteroatoms.